The van der Waals surface area contributed by atoms with Crippen LogP contribution in [0.25, 0.3) is 0 Å². The highest BCUT2D eigenvalue weighted by Gasteiger charge is 2.49. The molecule has 0 N–H and O–H groups in total. The van der Waals surface area contributed by atoms with Gasteiger partial charge in [-0.2, -0.15) is 0 Å². The van der Waals surface area contributed by atoms with E-state index < -0.39 is 22.0 Å². The first-order valence-electron chi connectivity index (χ1n) is 13.7. The van der Waals surface area contributed by atoms with E-state index in [1.807, 2.05) is 13.0 Å². The van der Waals surface area contributed by atoms with Crippen LogP contribution in [0.2, 0.25) is 37.8 Å². The number of carbonyl (C=O) groups excluding carboxylic acids is 1. The second-order valence-electron chi connectivity index (χ2n) is 11.7. The van der Waals surface area contributed by atoms with E-state index in [0.717, 1.165) is 43.7 Å². The van der Waals surface area contributed by atoms with Gasteiger partial charge >= 0.3 is 0 Å². The summed E-state index contributed by atoms with van der Waals surface area (Å²) in [5.41, 5.74) is 3.93. The fourth-order valence-electron chi connectivity index (χ4n) is 5.46. The first-order chi connectivity index (χ1) is 15.9. The van der Waals surface area contributed by atoms with Crippen molar-refractivity contribution in [2.75, 3.05) is 6.79 Å². The van der Waals surface area contributed by atoms with Crippen LogP contribution in [0.15, 0.2) is 22.9 Å². The molecule has 6 heteroatoms. The first kappa shape index (κ1) is 31.5. The molecule has 0 aromatic heterocycles. The maximum atomic E-state index is 11.6. The number of hydrogen-bond donors (Lipinski definition) is 0. The number of rotatable bonds is 14. The molecular weight excluding hydrogens is 456 g/mol. The Morgan fingerprint density at radius 1 is 1.06 bits per heavy atom. The minimum absolute atomic E-state index is 0.0885. The quantitative estimate of drug-likeness (QED) is 0.103. The van der Waals surface area contributed by atoms with Gasteiger partial charge in [-0.3, -0.25) is 4.79 Å². The molecule has 0 bridgehead atoms. The minimum Gasteiger partial charge on any atom is -0.410 e. The van der Waals surface area contributed by atoms with E-state index in [2.05, 4.69) is 66.9 Å². The van der Waals surface area contributed by atoms with Crippen LogP contribution >= 0.6 is 0 Å². The molecule has 1 aliphatic heterocycles. The van der Waals surface area contributed by atoms with Gasteiger partial charge in [0, 0.05) is 5.92 Å². The van der Waals surface area contributed by atoms with Crippen LogP contribution in [-0.2, 0) is 18.7 Å². The van der Waals surface area contributed by atoms with E-state index in [-0.39, 0.29) is 24.9 Å². The van der Waals surface area contributed by atoms with Crippen LogP contribution in [0, 0.1) is 5.92 Å². The molecule has 0 aromatic carbocycles. The van der Waals surface area contributed by atoms with Gasteiger partial charge in [-0.15, -0.1) is 0 Å². The molecule has 4 atom stereocenters. The second kappa shape index (κ2) is 14.3. The zero-order valence-electron chi connectivity index (χ0n) is 24.0. The molecule has 0 unspecified atom stereocenters. The third-order valence-corrected chi connectivity index (χ3v) is 13.4. The monoisotopic (exact) mass is 510 g/mol. The normalized spacial score (nSPS) is 27.5. The summed E-state index contributed by atoms with van der Waals surface area (Å²) in [6.45, 7) is 22.7. The summed E-state index contributed by atoms with van der Waals surface area (Å²) in [4.78, 5) is 11.6. The Labute approximate surface area is 213 Å². The van der Waals surface area contributed by atoms with Crippen molar-refractivity contribution in [1.82, 2.24) is 0 Å². The highest BCUT2D eigenvalue weighted by molar-refractivity contribution is 6.81. The summed E-state index contributed by atoms with van der Waals surface area (Å²) in [5.74, 6) is 0.184. The van der Waals surface area contributed by atoms with Gasteiger partial charge in [0.25, 0.3) is 0 Å². The Morgan fingerprint density at radius 2 is 1.68 bits per heavy atom. The van der Waals surface area contributed by atoms with Gasteiger partial charge in [-0.25, -0.2) is 0 Å². The van der Waals surface area contributed by atoms with E-state index in [1.54, 1.807) is 0 Å². The van der Waals surface area contributed by atoms with Gasteiger partial charge in [0.15, 0.2) is 8.32 Å². The summed E-state index contributed by atoms with van der Waals surface area (Å²) in [7, 11) is -3.30. The van der Waals surface area contributed by atoms with E-state index in [9.17, 15) is 4.79 Å². The van der Waals surface area contributed by atoms with Crippen molar-refractivity contribution in [2.45, 2.75) is 136 Å². The maximum Gasteiger partial charge on any atom is 0.192 e. The fraction of sp³-hybridized carbons (Fsp3) is 0.821. The maximum absolute atomic E-state index is 11.6. The molecule has 1 aliphatic rings. The van der Waals surface area contributed by atoms with Crippen LogP contribution in [-0.4, -0.2) is 47.3 Å². The molecular formula is C28H54O4Si2. The Kier molecular flexibility index (Phi) is 13.2. The SMILES string of the molecule is CCCCC[C@@H]1OCO[C@@](C)(/C=C(\C)C=O)[C@@H](O[Si](CC)(CC)CC)[C@@H]1C/C(C)=C/[Si](C)(C)C. The number of aldehydes is 1. The van der Waals surface area contributed by atoms with Gasteiger partial charge in [-0.1, -0.05) is 77.9 Å². The zero-order valence-corrected chi connectivity index (χ0v) is 26.0. The average Bonchev–Trinajstić information content (AvgIpc) is 2.88. The molecule has 1 heterocycles. The summed E-state index contributed by atoms with van der Waals surface area (Å²) in [5, 5.41) is 0. The average molecular weight is 511 g/mol. The van der Waals surface area contributed by atoms with Crippen LogP contribution < -0.4 is 0 Å². The topological polar surface area (TPSA) is 44.8 Å². The molecule has 4 nitrogen and oxygen atoms in total. The molecule has 34 heavy (non-hydrogen) atoms. The van der Waals surface area contributed by atoms with E-state index in [0.29, 0.717) is 5.57 Å². The van der Waals surface area contributed by atoms with Gasteiger partial charge < -0.3 is 13.9 Å². The zero-order chi connectivity index (χ0) is 26.0. The Morgan fingerprint density at radius 3 is 2.18 bits per heavy atom. The summed E-state index contributed by atoms with van der Waals surface area (Å²) in [6.07, 6.45) is 8.38. The lowest BCUT2D eigenvalue weighted by Gasteiger charge is -2.44. The summed E-state index contributed by atoms with van der Waals surface area (Å²) >= 11 is 0. The second-order valence-corrected chi connectivity index (χ2v) is 21.4. The largest absolute Gasteiger partial charge is 0.410 e. The lowest BCUT2D eigenvalue weighted by molar-refractivity contribution is -0.130. The predicted octanol–water partition coefficient (Wildman–Crippen LogP) is 8.06. The molecule has 198 valence electrons. The van der Waals surface area contributed by atoms with Crippen molar-refractivity contribution < 1.29 is 18.7 Å². The van der Waals surface area contributed by atoms with E-state index >= 15 is 0 Å². The Bertz CT molecular complexity index is 670. The Hall–Kier alpha value is -0.536. The molecule has 1 fully saturated rings. The standard InChI is InChI=1S/C28H54O4Si2/c1-11-15-16-17-26-25(18-23(5)21-33(8,9)10)27(32-34(12-2,13-3)14-4)28(7,31-22-30-26)19-24(6)20-29/h19-21,25-27H,11-18,22H2,1-10H3/b23-21+,24-19+/t25-,26+,27+,28+/m1/s1. The molecule has 0 amide bonds. The van der Waals surface area contributed by atoms with Crippen molar-refractivity contribution in [3.63, 3.8) is 0 Å². The highest BCUT2D eigenvalue weighted by Crippen LogP contribution is 2.41. The van der Waals surface area contributed by atoms with E-state index in [4.69, 9.17) is 13.9 Å². The lowest BCUT2D eigenvalue weighted by Crippen LogP contribution is -2.54. The molecule has 1 rings (SSSR count). The van der Waals surface area contributed by atoms with Crippen molar-refractivity contribution >= 4 is 22.7 Å². The van der Waals surface area contributed by atoms with Crippen molar-refractivity contribution in [3.8, 4) is 0 Å². The van der Waals surface area contributed by atoms with Crippen molar-refractivity contribution in [3.05, 3.63) is 22.9 Å². The number of carbonyl (C=O) groups is 1. The number of unbranched alkanes of at least 4 members (excludes halogenated alkanes) is 2. The molecule has 0 radical (unpaired) electrons. The highest BCUT2D eigenvalue weighted by atomic mass is 28.4. The van der Waals surface area contributed by atoms with Crippen molar-refractivity contribution in [2.24, 2.45) is 5.92 Å². The van der Waals surface area contributed by atoms with Gasteiger partial charge in [-0.05, 0) is 63.4 Å². The molecule has 0 spiro atoms. The molecule has 0 aromatic rings. The number of allylic oxidation sites excluding steroid dienone is 2. The van der Waals surface area contributed by atoms with Gasteiger partial charge in [0.1, 0.15) is 18.7 Å². The van der Waals surface area contributed by atoms with Gasteiger partial charge in [0.2, 0.25) is 0 Å². The molecule has 0 aliphatic carbocycles. The van der Waals surface area contributed by atoms with Crippen LogP contribution in [0.3, 0.4) is 0 Å². The fourth-order valence-corrected chi connectivity index (χ4v) is 10.0. The van der Waals surface area contributed by atoms with Crippen LogP contribution in [0.4, 0.5) is 0 Å². The molecule has 1 saturated heterocycles. The smallest absolute Gasteiger partial charge is 0.192 e. The molecule has 0 saturated carbocycles. The summed E-state index contributed by atoms with van der Waals surface area (Å²) in [6, 6.07) is 3.25. The summed E-state index contributed by atoms with van der Waals surface area (Å²) < 4.78 is 20.2. The minimum atomic E-state index is -1.95. The first-order valence-corrected chi connectivity index (χ1v) is 19.8. The predicted molar refractivity (Wildman–Crippen MR) is 150 cm³/mol. The van der Waals surface area contributed by atoms with Crippen molar-refractivity contribution in [1.29, 1.82) is 0 Å². The number of ether oxygens (including phenoxy) is 2. The van der Waals surface area contributed by atoms with Gasteiger partial charge in [0.05, 0.1) is 20.3 Å². The third kappa shape index (κ3) is 9.49. The third-order valence-electron chi connectivity index (χ3n) is 7.42. The van der Waals surface area contributed by atoms with Crippen LogP contribution in [0.1, 0.15) is 80.6 Å². The lowest BCUT2D eigenvalue weighted by atomic mass is 9.79. The number of hydrogen-bond acceptors (Lipinski definition) is 4. The van der Waals surface area contributed by atoms with E-state index in [1.165, 1.54) is 18.4 Å². The Balaban J connectivity index is 3.63. The van der Waals surface area contributed by atoms with Crippen LogP contribution in [0.5, 0.6) is 0 Å².